The number of hydrogen-bond acceptors (Lipinski definition) is 5. The maximum Gasteiger partial charge on any atom is 0.303 e. The number of rotatable bonds is 6. The molecule has 1 N–H and O–H groups in total. The number of hydrogen-bond donors (Lipinski definition) is 1. The summed E-state index contributed by atoms with van der Waals surface area (Å²) in [4.78, 5) is 15.1. The van der Waals surface area contributed by atoms with E-state index in [9.17, 15) is 4.79 Å². The Labute approximate surface area is 117 Å². The summed E-state index contributed by atoms with van der Waals surface area (Å²) in [5.74, 6) is 2.18. The molecule has 19 heavy (non-hydrogen) atoms. The smallest absolute Gasteiger partial charge is 0.303 e. The average Bonchev–Trinajstić information content (AvgIpc) is 2.85. The fourth-order valence-corrected chi connectivity index (χ4v) is 3.07. The van der Waals surface area contributed by atoms with Crippen molar-refractivity contribution >= 4 is 17.7 Å². The molecule has 0 spiro atoms. The van der Waals surface area contributed by atoms with Crippen molar-refractivity contribution in [2.24, 2.45) is 5.41 Å². The molecule has 0 radical (unpaired) electrons. The summed E-state index contributed by atoms with van der Waals surface area (Å²) in [6, 6.07) is 0. The summed E-state index contributed by atoms with van der Waals surface area (Å²) in [7, 11) is 0. The molecule has 6 heteroatoms. The Kier molecular flexibility index (Phi) is 3.90. The minimum atomic E-state index is -0.701. The van der Waals surface area contributed by atoms with Crippen molar-refractivity contribution in [2.45, 2.75) is 51.2 Å². The number of aliphatic carboxylic acids is 1. The van der Waals surface area contributed by atoms with E-state index in [-0.39, 0.29) is 17.3 Å². The van der Waals surface area contributed by atoms with Crippen LogP contribution in [0.4, 0.5) is 0 Å². The third kappa shape index (κ3) is 3.96. The van der Waals surface area contributed by atoms with Gasteiger partial charge in [-0.25, -0.2) is 0 Å². The highest BCUT2D eigenvalue weighted by molar-refractivity contribution is 7.98. The van der Waals surface area contributed by atoms with Crippen LogP contribution >= 0.6 is 11.8 Å². The standard InChI is InChI=1S/C13H20N2O3S/c1-12(2,3)11-14-9(15-18-11)7-19-8-13(4-5-13)6-10(16)17/h4-8H2,1-3H3,(H,16,17). The molecule has 1 saturated carbocycles. The van der Waals surface area contributed by atoms with E-state index in [1.165, 1.54) is 0 Å². The molecular weight excluding hydrogens is 264 g/mol. The maximum atomic E-state index is 10.8. The van der Waals surface area contributed by atoms with Gasteiger partial charge >= 0.3 is 5.97 Å². The van der Waals surface area contributed by atoms with Crippen LogP contribution in [-0.4, -0.2) is 27.0 Å². The lowest BCUT2D eigenvalue weighted by atomic mass is 9.97. The number of thioether (sulfide) groups is 1. The normalized spacial score (nSPS) is 17.4. The van der Waals surface area contributed by atoms with E-state index in [0.717, 1.165) is 18.6 Å². The van der Waals surface area contributed by atoms with Crippen molar-refractivity contribution in [1.29, 1.82) is 0 Å². The van der Waals surface area contributed by atoms with Crippen LogP contribution in [0.25, 0.3) is 0 Å². The molecule has 106 valence electrons. The lowest BCUT2D eigenvalue weighted by molar-refractivity contribution is -0.138. The van der Waals surface area contributed by atoms with Crippen LogP contribution in [0.15, 0.2) is 4.52 Å². The van der Waals surface area contributed by atoms with E-state index in [1.54, 1.807) is 11.8 Å². The predicted octanol–water partition coefficient (Wildman–Crippen LogP) is 2.86. The zero-order valence-corrected chi connectivity index (χ0v) is 12.4. The number of carboxylic acid groups (broad SMARTS) is 1. The van der Waals surface area contributed by atoms with E-state index in [4.69, 9.17) is 9.63 Å². The number of carbonyl (C=O) groups is 1. The van der Waals surface area contributed by atoms with Crippen molar-refractivity contribution in [3.63, 3.8) is 0 Å². The van der Waals surface area contributed by atoms with Gasteiger partial charge in [-0.2, -0.15) is 16.7 Å². The van der Waals surface area contributed by atoms with E-state index in [1.807, 2.05) is 20.8 Å². The summed E-state index contributed by atoms with van der Waals surface area (Å²) in [6.07, 6.45) is 2.32. The molecule has 0 atom stereocenters. The molecule has 0 saturated heterocycles. The Morgan fingerprint density at radius 3 is 2.63 bits per heavy atom. The first kappa shape index (κ1) is 14.4. The van der Waals surface area contributed by atoms with Gasteiger partial charge in [0, 0.05) is 5.41 Å². The molecule has 1 fully saturated rings. The van der Waals surface area contributed by atoms with Crippen molar-refractivity contribution in [3.05, 3.63) is 11.7 Å². The van der Waals surface area contributed by atoms with Gasteiger partial charge in [-0.05, 0) is 24.0 Å². The second kappa shape index (κ2) is 5.15. The summed E-state index contributed by atoms with van der Waals surface area (Å²) in [6.45, 7) is 6.09. The molecule has 0 aromatic carbocycles. The summed E-state index contributed by atoms with van der Waals surface area (Å²) in [5.41, 5.74) is -0.107. The average molecular weight is 284 g/mol. The van der Waals surface area contributed by atoms with Gasteiger partial charge in [0.05, 0.1) is 12.2 Å². The van der Waals surface area contributed by atoms with Gasteiger partial charge in [-0.3, -0.25) is 4.79 Å². The van der Waals surface area contributed by atoms with E-state index >= 15 is 0 Å². The monoisotopic (exact) mass is 284 g/mol. The first-order valence-electron chi connectivity index (χ1n) is 6.43. The van der Waals surface area contributed by atoms with Crippen LogP contribution < -0.4 is 0 Å². The van der Waals surface area contributed by atoms with E-state index in [2.05, 4.69) is 10.1 Å². The van der Waals surface area contributed by atoms with Gasteiger partial charge in [0.25, 0.3) is 0 Å². The summed E-state index contributed by atoms with van der Waals surface area (Å²) in [5, 5.41) is 12.8. The van der Waals surface area contributed by atoms with Gasteiger partial charge in [-0.1, -0.05) is 25.9 Å². The Morgan fingerprint density at radius 1 is 1.47 bits per heavy atom. The highest BCUT2D eigenvalue weighted by atomic mass is 32.2. The molecule has 0 amide bonds. The third-order valence-corrected chi connectivity index (χ3v) is 4.51. The first-order chi connectivity index (χ1) is 8.81. The first-order valence-corrected chi connectivity index (χ1v) is 7.59. The molecule has 1 aliphatic carbocycles. The van der Waals surface area contributed by atoms with Gasteiger partial charge < -0.3 is 9.63 Å². The Hall–Kier alpha value is -1.04. The van der Waals surface area contributed by atoms with Crippen LogP contribution in [-0.2, 0) is 16.0 Å². The fourth-order valence-electron chi connectivity index (χ4n) is 1.85. The van der Waals surface area contributed by atoms with Crippen LogP contribution in [0.2, 0.25) is 0 Å². The minimum Gasteiger partial charge on any atom is -0.481 e. The lowest BCUT2D eigenvalue weighted by Gasteiger charge is -2.11. The van der Waals surface area contributed by atoms with Crippen LogP contribution in [0.5, 0.6) is 0 Å². The van der Waals surface area contributed by atoms with E-state index in [0.29, 0.717) is 17.5 Å². The van der Waals surface area contributed by atoms with E-state index < -0.39 is 5.97 Å². The Balaban J connectivity index is 1.80. The largest absolute Gasteiger partial charge is 0.481 e. The molecule has 1 aromatic rings. The van der Waals surface area contributed by atoms with Gasteiger partial charge in [0.15, 0.2) is 5.82 Å². The molecule has 1 aliphatic rings. The third-order valence-electron chi connectivity index (χ3n) is 3.23. The molecule has 5 nitrogen and oxygen atoms in total. The molecule has 1 heterocycles. The van der Waals surface area contributed by atoms with Crippen molar-refractivity contribution < 1.29 is 14.4 Å². The molecule has 1 aromatic heterocycles. The zero-order valence-electron chi connectivity index (χ0n) is 11.6. The number of nitrogens with zero attached hydrogens (tertiary/aromatic N) is 2. The highest BCUT2D eigenvalue weighted by Gasteiger charge is 2.44. The Bertz CT molecular complexity index is 461. The molecular formula is C13H20N2O3S. The topological polar surface area (TPSA) is 76.2 Å². The fraction of sp³-hybridized carbons (Fsp3) is 0.769. The molecule has 0 unspecified atom stereocenters. The van der Waals surface area contributed by atoms with Crippen molar-refractivity contribution in [3.8, 4) is 0 Å². The van der Waals surface area contributed by atoms with Gasteiger partial charge in [0.1, 0.15) is 0 Å². The van der Waals surface area contributed by atoms with Gasteiger partial charge in [0.2, 0.25) is 5.89 Å². The summed E-state index contributed by atoms with van der Waals surface area (Å²) < 4.78 is 5.22. The maximum absolute atomic E-state index is 10.8. The minimum absolute atomic E-state index is 0.0209. The highest BCUT2D eigenvalue weighted by Crippen LogP contribution is 2.51. The van der Waals surface area contributed by atoms with Crippen LogP contribution in [0, 0.1) is 5.41 Å². The summed E-state index contributed by atoms with van der Waals surface area (Å²) >= 11 is 1.69. The molecule has 2 rings (SSSR count). The van der Waals surface area contributed by atoms with Crippen molar-refractivity contribution in [2.75, 3.05) is 5.75 Å². The second-order valence-corrected chi connectivity index (χ2v) is 7.31. The molecule has 0 aliphatic heterocycles. The van der Waals surface area contributed by atoms with Gasteiger partial charge in [-0.15, -0.1) is 0 Å². The Morgan fingerprint density at radius 2 is 2.16 bits per heavy atom. The number of carboxylic acids is 1. The number of aromatic nitrogens is 2. The lowest BCUT2D eigenvalue weighted by Crippen LogP contribution is -2.12. The van der Waals surface area contributed by atoms with Crippen LogP contribution in [0.3, 0.4) is 0 Å². The van der Waals surface area contributed by atoms with Crippen LogP contribution in [0.1, 0.15) is 51.7 Å². The quantitative estimate of drug-likeness (QED) is 0.865. The predicted molar refractivity (Wildman–Crippen MR) is 73.1 cm³/mol. The zero-order chi connectivity index (χ0) is 14.1. The second-order valence-electron chi connectivity index (χ2n) is 6.33. The molecule has 0 bridgehead atoms. The van der Waals surface area contributed by atoms with Crippen molar-refractivity contribution in [1.82, 2.24) is 10.1 Å². The SMILES string of the molecule is CC(C)(C)c1nc(CSCC2(CC(=O)O)CC2)no1.